The zero-order valence-electron chi connectivity index (χ0n) is 14.8. The molecule has 0 aliphatic carbocycles. The first-order chi connectivity index (χ1) is 13.1. The summed E-state index contributed by atoms with van der Waals surface area (Å²) < 4.78 is 1.95. The molecule has 1 aromatic heterocycles. The second kappa shape index (κ2) is 7.25. The molecular formula is C22H18ClN3O. The highest BCUT2D eigenvalue weighted by molar-refractivity contribution is 6.30. The lowest BCUT2D eigenvalue weighted by Crippen LogP contribution is -2.19. The first kappa shape index (κ1) is 17.3. The molecule has 0 atom stereocenters. The van der Waals surface area contributed by atoms with Crippen molar-refractivity contribution in [1.82, 2.24) is 9.55 Å². The Labute approximate surface area is 162 Å². The Hall–Kier alpha value is -3.11. The van der Waals surface area contributed by atoms with Crippen molar-refractivity contribution in [1.29, 1.82) is 0 Å². The fourth-order valence-corrected chi connectivity index (χ4v) is 3.34. The lowest BCUT2D eigenvalue weighted by Gasteiger charge is -2.11. The molecule has 0 unspecified atom stereocenters. The molecule has 1 heterocycles. The van der Waals surface area contributed by atoms with Gasteiger partial charge in [0.25, 0.3) is 0 Å². The zero-order valence-corrected chi connectivity index (χ0v) is 15.6. The number of anilines is 1. The summed E-state index contributed by atoms with van der Waals surface area (Å²) in [5, 5.41) is 3.49. The highest BCUT2D eigenvalue weighted by Crippen LogP contribution is 2.25. The molecule has 27 heavy (non-hydrogen) atoms. The predicted molar refractivity (Wildman–Crippen MR) is 110 cm³/mol. The number of aryl methyl sites for hydroxylation is 1. The Morgan fingerprint density at radius 3 is 2.67 bits per heavy atom. The van der Waals surface area contributed by atoms with Crippen molar-refractivity contribution in [3.8, 4) is 11.4 Å². The first-order valence-corrected chi connectivity index (χ1v) is 9.06. The molecule has 134 valence electrons. The number of benzene rings is 3. The van der Waals surface area contributed by atoms with Crippen molar-refractivity contribution in [3.05, 3.63) is 83.4 Å². The Morgan fingerprint density at radius 1 is 1.04 bits per heavy atom. The van der Waals surface area contributed by atoms with Gasteiger partial charge in [-0.3, -0.25) is 4.79 Å². The molecule has 1 amide bonds. The molecule has 0 fully saturated rings. The van der Waals surface area contributed by atoms with Gasteiger partial charge in [0.1, 0.15) is 12.4 Å². The van der Waals surface area contributed by atoms with E-state index in [4.69, 9.17) is 16.6 Å². The number of aromatic nitrogens is 2. The average molecular weight is 376 g/mol. The molecule has 4 nitrogen and oxygen atoms in total. The van der Waals surface area contributed by atoms with Crippen LogP contribution in [0.2, 0.25) is 5.02 Å². The van der Waals surface area contributed by atoms with E-state index in [1.165, 1.54) is 0 Å². The number of hydrogen-bond donors (Lipinski definition) is 1. The quantitative estimate of drug-likeness (QED) is 0.525. The maximum atomic E-state index is 12.7. The van der Waals surface area contributed by atoms with Gasteiger partial charge in [0, 0.05) is 16.3 Å². The SMILES string of the molecule is Cc1cccc(-c2nc3ccccc3n2CC(=O)Nc2cccc(Cl)c2)c1. The van der Waals surface area contributed by atoms with Crippen LogP contribution < -0.4 is 5.32 Å². The number of hydrogen-bond acceptors (Lipinski definition) is 2. The van der Waals surface area contributed by atoms with E-state index in [-0.39, 0.29) is 12.5 Å². The lowest BCUT2D eigenvalue weighted by molar-refractivity contribution is -0.116. The minimum atomic E-state index is -0.130. The van der Waals surface area contributed by atoms with Gasteiger partial charge in [-0.05, 0) is 43.3 Å². The highest BCUT2D eigenvalue weighted by Gasteiger charge is 2.15. The molecule has 4 aromatic rings. The molecule has 0 aliphatic heterocycles. The van der Waals surface area contributed by atoms with Crippen LogP contribution in [-0.4, -0.2) is 15.5 Å². The van der Waals surface area contributed by atoms with Crippen molar-refractivity contribution in [2.45, 2.75) is 13.5 Å². The lowest BCUT2D eigenvalue weighted by atomic mass is 10.1. The largest absolute Gasteiger partial charge is 0.324 e. The summed E-state index contributed by atoms with van der Waals surface area (Å²) in [5.74, 6) is 0.649. The van der Waals surface area contributed by atoms with E-state index in [2.05, 4.69) is 11.4 Å². The number of para-hydroxylation sites is 2. The van der Waals surface area contributed by atoms with Crippen LogP contribution in [0.3, 0.4) is 0 Å². The summed E-state index contributed by atoms with van der Waals surface area (Å²) in [6.45, 7) is 2.21. The van der Waals surface area contributed by atoms with E-state index < -0.39 is 0 Å². The molecule has 0 aliphatic rings. The molecular weight excluding hydrogens is 358 g/mol. The van der Waals surface area contributed by atoms with Gasteiger partial charge >= 0.3 is 0 Å². The normalized spacial score (nSPS) is 10.9. The fourth-order valence-electron chi connectivity index (χ4n) is 3.15. The number of carbonyl (C=O) groups is 1. The first-order valence-electron chi connectivity index (χ1n) is 8.68. The predicted octanol–water partition coefficient (Wildman–Crippen LogP) is 5.30. The van der Waals surface area contributed by atoms with Crippen molar-refractivity contribution < 1.29 is 4.79 Å². The zero-order chi connectivity index (χ0) is 18.8. The molecule has 0 saturated heterocycles. The van der Waals surface area contributed by atoms with Crippen molar-refractivity contribution >= 4 is 34.2 Å². The Bertz CT molecular complexity index is 1130. The minimum absolute atomic E-state index is 0.130. The maximum Gasteiger partial charge on any atom is 0.244 e. The van der Waals surface area contributed by atoms with Gasteiger partial charge in [0.15, 0.2) is 0 Å². The van der Waals surface area contributed by atoms with E-state index in [9.17, 15) is 4.79 Å². The van der Waals surface area contributed by atoms with Gasteiger partial charge in [0.2, 0.25) is 5.91 Å². The van der Waals surface area contributed by atoms with Gasteiger partial charge in [-0.2, -0.15) is 0 Å². The van der Waals surface area contributed by atoms with Crippen LogP contribution in [0, 0.1) is 6.92 Å². The van der Waals surface area contributed by atoms with E-state index in [0.717, 1.165) is 28.0 Å². The third kappa shape index (κ3) is 3.71. The molecule has 0 spiro atoms. The Morgan fingerprint density at radius 2 is 1.85 bits per heavy atom. The van der Waals surface area contributed by atoms with E-state index in [1.54, 1.807) is 12.1 Å². The summed E-state index contributed by atoms with van der Waals surface area (Å²) in [6, 6.07) is 23.1. The van der Waals surface area contributed by atoms with Crippen molar-refractivity contribution in [2.24, 2.45) is 0 Å². The number of amides is 1. The van der Waals surface area contributed by atoms with Gasteiger partial charge < -0.3 is 9.88 Å². The monoisotopic (exact) mass is 375 g/mol. The van der Waals surface area contributed by atoms with Crippen LogP contribution >= 0.6 is 11.6 Å². The molecule has 0 radical (unpaired) electrons. The van der Waals surface area contributed by atoms with Crippen LogP contribution in [-0.2, 0) is 11.3 Å². The van der Waals surface area contributed by atoms with Gasteiger partial charge in [-0.25, -0.2) is 4.98 Å². The van der Waals surface area contributed by atoms with E-state index in [0.29, 0.717) is 10.7 Å². The summed E-state index contributed by atoms with van der Waals surface area (Å²) in [7, 11) is 0. The number of nitrogens with one attached hydrogen (secondary N) is 1. The second-order valence-corrected chi connectivity index (χ2v) is 6.87. The number of halogens is 1. The molecule has 1 N–H and O–H groups in total. The number of fused-ring (bicyclic) bond motifs is 1. The topological polar surface area (TPSA) is 46.9 Å². The third-order valence-corrected chi connectivity index (χ3v) is 4.58. The minimum Gasteiger partial charge on any atom is -0.324 e. The summed E-state index contributed by atoms with van der Waals surface area (Å²) >= 11 is 6.00. The van der Waals surface area contributed by atoms with Gasteiger partial charge in [-0.1, -0.05) is 53.6 Å². The maximum absolute atomic E-state index is 12.7. The average Bonchev–Trinajstić information content (AvgIpc) is 3.00. The Kier molecular flexibility index (Phi) is 4.65. The summed E-state index contributed by atoms with van der Waals surface area (Å²) in [5.41, 5.74) is 4.60. The number of nitrogens with zero attached hydrogens (tertiary/aromatic N) is 2. The number of rotatable bonds is 4. The fraction of sp³-hybridized carbons (Fsp3) is 0.0909. The van der Waals surface area contributed by atoms with Crippen molar-refractivity contribution in [2.75, 3.05) is 5.32 Å². The molecule has 4 rings (SSSR count). The van der Waals surface area contributed by atoms with Crippen LogP contribution in [0.4, 0.5) is 5.69 Å². The summed E-state index contributed by atoms with van der Waals surface area (Å²) in [6.07, 6.45) is 0. The van der Waals surface area contributed by atoms with Gasteiger partial charge in [0.05, 0.1) is 11.0 Å². The number of carbonyl (C=O) groups excluding carboxylic acids is 1. The van der Waals surface area contributed by atoms with Gasteiger partial charge in [-0.15, -0.1) is 0 Å². The number of imidazole rings is 1. The smallest absolute Gasteiger partial charge is 0.244 e. The standard InChI is InChI=1S/C22H18ClN3O/c1-15-6-4-7-16(12-15)22-25-19-10-2-3-11-20(19)26(22)14-21(27)24-18-9-5-8-17(23)13-18/h2-13H,14H2,1H3,(H,24,27). The Balaban J connectivity index is 1.71. The van der Waals surface area contributed by atoms with Crippen LogP contribution in [0.15, 0.2) is 72.8 Å². The second-order valence-electron chi connectivity index (χ2n) is 6.44. The third-order valence-electron chi connectivity index (χ3n) is 4.34. The van der Waals surface area contributed by atoms with E-state index >= 15 is 0 Å². The molecule has 0 bridgehead atoms. The highest BCUT2D eigenvalue weighted by atomic mass is 35.5. The summed E-state index contributed by atoms with van der Waals surface area (Å²) in [4.78, 5) is 17.4. The van der Waals surface area contributed by atoms with Crippen LogP contribution in [0.1, 0.15) is 5.56 Å². The molecule has 3 aromatic carbocycles. The molecule has 5 heteroatoms. The van der Waals surface area contributed by atoms with Crippen LogP contribution in [0.5, 0.6) is 0 Å². The van der Waals surface area contributed by atoms with Crippen LogP contribution in [0.25, 0.3) is 22.4 Å². The van der Waals surface area contributed by atoms with Crippen molar-refractivity contribution in [3.63, 3.8) is 0 Å². The van der Waals surface area contributed by atoms with E-state index in [1.807, 2.05) is 66.1 Å². The molecule has 0 saturated carbocycles.